The van der Waals surface area contributed by atoms with Crippen molar-refractivity contribution in [1.29, 1.82) is 0 Å². The maximum absolute atomic E-state index is 13.7. The summed E-state index contributed by atoms with van der Waals surface area (Å²) in [4.78, 5) is 41.0. The van der Waals surface area contributed by atoms with Crippen molar-refractivity contribution in [2.24, 2.45) is 5.92 Å². The molecule has 0 aromatic heterocycles. The third-order valence-electron chi connectivity index (χ3n) is 7.34. The van der Waals surface area contributed by atoms with Crippen LogP contribution in [-0.4, -0.2) is 47.7 Å². The summed E-state index contributed by atoms with van der Waals surface area (Å²) in [6.45, 7) is 1.28. The number of likely N-dealkylation sites (tertiary alicyclic amines) is 1. The lowest BCUT2D eigenvalue weighted by atomic mass is 9.79. The van der Waals surface area contributed by atoms with E-state index in [9.17, 15) is 40.7 Å². The molecule has 3 aromatic carbocycles. The van der Waals surface area contributed by atoms with E-state index in [4.69, 9.17) is 0 Å². The van der Waals surface area contributed by atoms with Gasteiger partial charge in [-0.2, -0.15) is 26.3 Å². The van der Waals surface area contributed by atoms with Crippen molar-refractivity contribution < 1.29 is 40.7 Å². The number of rotatable bonds is 6. The van der Waals surface area contributed by atoms with Crippen LogP contribution in [-0.2, 0) is 28.5 Å². The molecule has 1 fully saturated rings. The number of carbonyl (C=O) groups is 3. The van der Waals surface area contributed by atoms with Crippen LogP contribution in [0.5, 0.6) is 0 Å². The SMILES string of the molecule is CC(=O)Nc1ccc(C(=O)N2CC[C@H](C(=O)N(C)Cc3cc(C(F)(F)F)cc(C(F)(F)F)c3)[C@H](c3ccccc3)C2)cc1. The van der Waals surface area contributed by atoms with Gasteiger partial charge < -0.3 is 15.1 Å². The molecule has 0 spiro atoms. The lowest BCUT2D eigenvalue weighted by Crippen LogP contribution is -2.47. The molecule has 1 saturated heterocycles. The maximum Gasteiger partial charge on any atom is 0.416 e. The van der Waals surface area contributed by atoms with Crippen LogP contribution in [0.4, 0.5) is 32.0 Å². The number of anilines is 1. The van der Waals surface area contributed by atoms with E-state index in [1.807, 2.05) is 12.1 Å². The molecule has 3 amide bonds. The second-order valence-electron chi connectivity index (χ2n) is 10.5. The summed E-state index contributed by atoms with van der Waals surface area (Å²) in [5, 5.41) is 2.63. The summed E-state index contributed by atoms with van der Waals surface area (Å²) >= 11 is 0. The molecule has 0 unspecified atom stereocenters. The van der Waals surface area contributed by atoms with Crippen LogP contribution in [0.25, 0.3) is 0 Å². The summed E-state index contributed by atoms with van der Waals surface area (Å²) in [6, 6.07) is 16.6. The second kappa shape index (κ2) is 12.5. The largest absolute Gasteiger partial charge is 0.416 e. The Bertz CT molecular complexity index is 1440. The molecule has 4 rings (SSSR count). The average Bonchev–Trinajstić information content (AvgIpc) is 2.95. The van der Waals surface area contributed by atoms with Gasteiger partial charge in [-0.05, 0) is 60.0 Å². The van der Waals surface area contributed by atoms with E-state index in [1.54, 1.807) is 47.4 Å². The number of benzene rings is 3. The monoisotopic (exact) mass is 605 g/mol. The van der Waals surface area contributed by atoms with Gasteiger partial charge in [-0.15, -0.1) is 0 Å². The summed E-state index contributed by atoms with van der Waals surface area (Å²) in [5.41, 5.74) is -1.51. The highest BCUT2D eigenvalue weighted by molar-refractivity contribution is 5.96. The molecule has 43 heavy (non-hydrogen) atoms. The molecule has 12 heteroatoms. The first kappa shape index (κ1) is 31.6. The molecule has 1 aliphatic rings. The third-order valence-corrected chi connectivity index (χ3v) is 7.34. The van der Waals surface area contributed by atoms with Gasteiger partial charge >= 0.3 is 12.4 Å². The van der Waals surface area contributed by atoms with Crippen LogP contribution in [0.15, 0.2) is 72.8 Å². The Balaban J connectivity index is 1.56. The Kier molecular flexibility index (Phi) is 9.17. The van der Waals surface area contributed by atoms with Crippen LogP contribution >= 0.6 is 0 Å². The molecule has 0 saturated carbocycles. The highest BCUT2D eigenvalue weighted by atomic mass is 19.4. The maximum atomic E-state index is 13.7. The van der Waals surface area contributed by atoms with Crippen molar-refractivity contribution in [1.82, 2.24) is 9.80 Å². The van der Waals surface area contributed by atoms with E-state index in [-0.39, 0.29) is 43.0 Å². The van der Waals surface area contributed by atoms with Crippen molar-refractivity contribution in [3.63, 3.8) is 0 Å². The molecule has 3 aromatic rings. The van der Waals surface area contributed by atoms with Crippen LogP contribution in [0.2, 0.25) is 0 Å². The zero-order valence-electron chi connectivity index (χ0n) is 23.3. The van der Waals surface area contributed by atoms with E-state index in [2.05, 4.69) is 5.32 Å². The van der Waals surface area contributed by atoms with Gasteiger partial charge in [0.15, 0.2) is 0 Å². The van der Waals surface area contributed by atoms with Gasteiger partial charge in [0.25, 0.3) is 5.91 Å². The molecule has 2 atom stereocenters. The number of nitrogens with zero attached hydrogens (tertiary/aromatic N) is 2. The van der Waals surface area contributed by atoms with Gasteiger partial charge in [0.05, 0.1) is 11.1 Å². The van der Waals surface area contributed by atoms with Crippen LogP contribution in [0.3, 0.4) is 0 Å². The number of halogens is 6. The van der Waals surface area contributed by atoms with Crippen molar-refractivity contribution in [3.8, 4) is 0 Å². The van der Waals surface area contributed by atoms with E-state index in [0.717, 1.165) is 10.5 Å². The number of hydrogen-bond acceptors (Lipinski definition) is 3. The first-order chi connectivity index (χ1) is 20.1. The van der Waals surface area contributed by atoms with Crippen molar-refractivity contribution in [2.75, 3.05) is 25.5 Å². The highest BCUT2D eigenvalue weighted by Crippen LogP contribution is 2.38. The Hall–Kier alpha value is -4.35. The van der Waals surface area contributed by atoms with Crippen LogP contribution in [0.1, 0.15) is 51.9 Å². The number of carbonyl (C=O) groups excluding carboxylic acids is 3. The molecule has 1 N–H and O–H groups in total. The second-order valence-corrected chi connectivity index (χ2v) is 10.5. The quantitative estimate of drug-likeness (QED) is 0.323. The van der Waals surface area contributed by atoms with Crippen molar-refractivity contribution >= 4 is 23.4 Å². The van der Waals surface area contributed by atoms with Gasteiger partial charge in [0, 0.05) is 56.7 Å². The van der Waals surface area contributed by atoms with Gasteiger partial charge in [0.1, 0.15) is 0 Å². The number of alkyl halides is 6. The molecule has 0 radical (unpaired) electrons. The minimum absolute atomic E-state index is 0.0524. The zero-order valence-corrected chi connectivity index (χ0v) is 23.3. The van der Waals surface area contributed by atoms with Gasteiger partial charge in [-0.1, -0.05) is 30.3 Å². The minimum Gasteiger partial charge on any atom is -0.341 e. The lowest BCUT2D eigenvalue weighted by molar-refractivity contribution is -0.143. The van der Waals surface area contributed by atoms with Crippen molar-refractivity contribution in [2.45, 2.75) is 38.2 Å². The number of nitrogens with one attached hydrogen (secondary N) is 1. The number of hydrogen-bond donors (Lipinski definition) is 1. The standard InChI is InChI=1S/C31H29F6N3O3/c1-19(41)38-25-10-8-22(9-11-25)28(42)40-13-12-26(27(18-40)21-6-4-3-5-7-21)29(43)39(2)17-20-14-23(30(32,33)34)16-24(15-20)31(35,36)37/h3-11,14-16,26-27H,12-13,17-18H2,1-2H3,(H,38,41)/t26-,27-/m0/s1. The molecule has 1 aliphatic heterocycles. The smallest absolute Gasteiger partial charge is 0.341 e. The van der Waals surface area contributed by atoms with E-state index < -0.39 is 47.8 Å². The third kappa shape index (κ3) is 7.74. The summed E-state index contributed by atoms with van der Waals surface area (Å²) in [5.74, 6) is -2.13. The highest BCUT2D eigenvalue weighted by Gasteiger charge is 2.39. The van der Waals surface area contributed by atoms with Gasteiger partial charge in [-0.25, -0.2) is 0 Å². The van der Waals surface area contributed by atoms with Gasteiger partial charge in [0.2, 0.25) is 11.8 Å². The molecule has 0 bridgehead atoms. The Morgan fingerprint density at radius 1 is 0.884 bits per heavy atom. The topological polar surface area (TPSA) is 69.7 Å². The van der Waals surface area contributed by atoms with Crippen LogP contribution < -0.4 is 5.32 Å². The molecular formula is C31H29F6N3O3. The summed E-state index contributed by atoms with van der Waals surface area (Å²) in [7, 11) is 1.34. The molecule has 228 valence electrons. The fraction of sp³-hybridized carbons (Fsp3) is 0.323. The molecular weight excluding hydrogens is 576 g/mol. The van der Waals surface area contributed by atoms with E-state index >= 15 is 0 Å². The van der Waals surface area contributed by atoms with Crippen LogP contribution in [0, 0.1) is 5.92 Å². The first-order valence-corrected chi connectivity index (χ1v) is 13.4. The van der Waals surface area contributed by atoms with E-state index in [0.29, 0.717) is 23.4 Å². The Labute approximate surface area is 244 Å². The average molecular weight is 606 g/mol. The van der Waals surface area contributed by atoms with Gasteiger partial charge in [-0.3, -0.25) is 14.4 Å². The Morgan fingerprint density at radius 3 is 2.00 bits per heavy atom. The lowest BCUT2D eigenvalue weighted by Gasteiger charge is -2.39. The van der Waals surface area contributed by atoms with Crippen molar-refractivity contribution in [3.05, 3.63) is 101 Å². The molecule has 6 nitrogen and oxygen atoms in total. The predicted octanol–water partition coefficient (Wildman–Crippen LogP) is 6.59. The number of amides is 3. The number of piperidine rings is 1. The summed E-state index contributed by atoms with van der Waals surface area (Å²) in [6.07, 6.45) is -9.77. The fourth-order valence-corrected chi connectivity index (χ4v) is 5.30. The zero-order chi connectivity index (χ0) is 31.5. The Morgan fingerprint density at radius 2 is 1.47 bits per heavy atom. The molecule has 0 aliphatic carbocycles. The predicted molar refractivity (Wildman–Crippen MR) is 147 cm³/mol. The van der Waals surface area contributed by atoms with E-state index in [1.165, 1.54) is 14.0 Å². The molecule has 1 heterocycles. The first-order valence-electron chi connectivity index (χ1n) is 13.4. The minimum atomic E-state index is -5.00. The summed E-state index contributed by atoms with van der Waals surface area (Å²) < 4.78 is 80.2. The fourth-order valence-electron chi connectivity index (χ4n) is 5.30. The normalized spacial score (nSPS) is 17.3.